The highest BCUT2D eigenvalue weighted by Gasteiger charge is 2.06. The van der Waals surface area contributed by atoms with E-state index in [4.69, 9.17) is 15.3 Å². The van der Waals surface area contributed by atoms with Gasteiger partial charge in [-0.1, -0.05) is 6.92 Å². The zero-order valence-corrected chi connectivity index (χ0v) is 9.27. The first-order valence-corrected chi connectivity index (χ1v) is 5.18. The van der Waals surface area contributed by atoms with Gasteiger partial charge in [0, 0.05) is 17.7 Å². The maximum absolute atomic E-state index is 11.2. The van der Waals surface area contributed by atoms with Gasteiger partial charge in [0.15, 0.2) is 11.9 Å². The average Bonchev–Trinajstić information content (AvgIpc) is 2.25. The van der Waals surface area contributed by atoms with E-state index in [1.165, 1.54) is 12.4 Å². The highest BCUT2D eigenvalue weighted by atomic mass is 16.5. The first kappa shape index (κ1) is 12.4. The zero-order valence-electron chi connectivity index (χ0n) is 9.27. The summed E-state index contributed by atoms with van der Waals surface area (Å²) in [7, 11) is 0. The molecule has 0 unspecified atom stereocenters. The van der Waals surface area contributed by atoms with Crippen molar-refractivity contribution in [2.45, 2.75) is 19.8 Å². The summed E-state index contributed by atoms with van der Waals surface area (Å²) in [6.45, 7) is 2.25. The second-order valence-corrected chi connectivity index (χ2v) is 3.53. The Morgan fingerprint density at radius 3 is 2.94 bits per heavy atom. The van der Waals surface area contributed by atoms with Gasteiger partial charge in [0.05, 0.1) is 13.2 Å². The Hall–Kier alpha value is -1.62. The van der Waals surface area contributed by atoms with E-state index in [0.29, 0.717) is 22.7 Å². The van der Waals surface area contributed by atoms with Crippen molar-refractivity contribution in [1.29, 1.82) is 5.41 Å². The Morgan fingerprint density at radius 1 is 1.56 bits per heavy atom. The molecule has 0 aromatic carbocycles. The van der Waals surface area contributed by atoms with Gasteiger partial charge in [-0.05, 0) is 12.5 Å². The van der Waals surface area contributed by atoms with E-state index in [0.717, 1.165) is 6.42 Å². The molecule has 0 fully saturated rings. The molecule has 5 nitrogen and oxygen atoms in total. The molecule has 0 spiro atoms. The summed E-state index contributed by atoms with van der Waals surface area (Å²) in [5.74, 6) is 0.500. The minimum Gasteiger partial charge on any atom is -0.619 e. The summed E-state index contributed by atoms with van der Waals surface area (Å²) < 4.78 is 6.00. The Labute approximate surface area is 94.4 Å². The van der Waals surface area contributed by atoms with Crippen LogP contribution in [0.15, 0.2) is 18.5 Å². The summed E-state index contributed by atoms with van der Waals surface area (Å²) in [5, 5.41) is 27.3. The lowest BCUT2D eigenvalue weighted by Crippen LogP contribution is -2.26. The molecule has 0 aliphatic heterocycles. The van der Waals surface area contributed by atoms with Gasteiger partial charge in [-0.15, -0.1) is 0 Å². The molecule has 0 radical (unpaired) electrons. The van der Waals surface area contributed by atoms with E-state index in [9.17, 15) is 5.21 Å². The van der Waals surface area contributed by atoms with Crippen LogP contribution in [0.2, 0.25) is 0 Å². The van der Waals surface area contributed by atoms with Gasteiger partial charge >= 0.3 is 0 Å². The minimum absolute atomic E-state index is 0.174. The standard InChI is InChI=1S/C11H16N2O3/c1-2-3-16-11-5-9(4-10(12)8-14)6-13(15)7-11/h5-7,12,14H,2-4,8H2,1H3. The van der Waals surface area contributed by atoms with E-state index < -0.39 is 0 Å². The Bertz CT molecular complexity index is 366. The summed E-state index contributed by atoms with van der Waals surface area (Å²) in [4.78, 5) is 0. The van der Waals surface area contributed by atoms with Crippen molar-refractivity contribution in [2.75, 3.05) is 13.2 Å². The summed E-state index contributed by atoms with van der Waals surface area (Å²) in [6.07, 6.45) is 3.86. The van der Waals surface area contributed by atoms with Crippen LogP contribution in [0.25, 0.3) is 0 Å². The number of nitrogens with one attached hydrogen (secondary N) is 1. The number of aromatic nitrogens is 1. The Morgan fingerprint density at radius 2 is 2.31 bits per heavy atom. The summed E-state index contributed by atoms with van der Waals surface area (Å²) in [5.41, 5.74) is 0.843. The number of aliphatic hydroxyl groups is 1. The normalized spacial score (nSPS) is 10.1. The number of pyridine rings is 1. The minimum atomic E-state index is -0.293. The first-order chi connectivity index (χ1) is 7.65. The van der Waals surface area contributed by atoms with E-state index in [2.05, 4.69) is 0 Å². The van der Waals surface area contributed by atoms with Crippen LogP contribution in [0.5, 0.6) is 5.75 Å². The van der Waals surface area contributed by atoms with Gasteiger partial charge in [-0.25, -0.2) is 0 Å². The SMILES string of the molecule is CCCOc1cc(CC(=N)CO)c[n+]([O-])c1. The average molecular weight is 224 g/mol. The van der Waals surface area contributed by atoms with Crippen molar-refractivity contribution in [2.24, 2.45) is 0 Å². The molecule has 5 heteroatoms. The second kappa shape index (κ2) is 6.07. The van der Waals surface area contributed by atoms with Gasteiger partial charge in [0.1, 0.15) is 0 Å². The lowest BCUT2D eigenvalue weighted by Gasteiger charge is -2.07. The van der Waals surface area contributed by atoms with E-state index >= 15 is 0 Å². The van der Waals surface area contributed by atoms with E-state index in [1.807, 2.05) is 6.92 Å². The van der Waals surface area contributed by atoms with Gasteiger partial charge < -0.3 is 20.5 Å². The number of nitrogens with zero attached hydrogens (tertiary/aromatic N) is 1. The topological polar surface area (TPSA) is 80.2 Å². The number of aliphatic hydroxyl groups excluding tert-OH is 1. The number of ether oxygens (including phenoxy) is 1. The Kier molecular flexibility index (Phi) is 4.72. The smallest absolute Gasteiger partial charge is 0.222 e. The van der Waals surface area contributed by atoms with Crippen LogP contribution in [-0.2, 0) is 6.42 Å². The predicted octanol–water partition coefficient (Wildman–Crippen LogP) is 0.663. The van der Waals surface area contributed by atoms with Crippen molar-refractivity contribution in [1.82, 2.24) is 0 Å². The van der Waals surface area contributed by atoms with Crippen molar-refractivity contribution < 1.29 is 14.6 Å². The van der Waals surface area contributed by atoms with E-state index in [1.54, 1.807) is 6.07 Å². The van der Waals surface area contributed by atoms with Crippen LogP contribution in [0.1, 0.15) is 18.9 Å². The number of hydrogen-bond donors (Lipinski definition) is 2. The molecule has 1 aromatic heterocycles. The number of rotatable bonds is 6. The maximum atomic E-state index is 11.2. The molecule has 0 aliphatic carbocycles. The van der Waals surface area contributed by atoms with Crippen LogP contribution < -0.4 is 9.47 Å². The predicted molar refractivity (Wildman–Crippen MR) is 59.7 cm³/mol. The van der Waals surface area contributed by atoms with Gasteiger partial charge in [-0.2, -0.15) is 4.73 Å². The molecule has 0 bridgehead atoms. The quantitative estimate of drug-likeness (QED) is 0.423. The summed E-state index contributed by atoms with van der Waals surface area (Å²) in [6, 6.07) is 1.72. The molecule has 1 heterocycles. The third-order valence-corrected chi connectivity index (χ3v) is 1.96. The lowest BCUT2D eigenvalue weighted by molar-refractivity contribution is -0.606. The molecule has 0 amide bonds. The largest absolute Gasteiger partial charge is 0.619 e. The van der Waals surface area contributed by atoms with Crippen LogP contribution in [0.4, 0.5) is 0 Å². The van der Waals surface area contributed by atoms with Gasteiger partial charge in [-0.3, -0.25) is 0 Å². The van der Waals surface area contributed by atoms with Crippen LogP contribution in [0.3, 0.4) is 0 Å². The fraction of sp³-hybridized carbons (Fsp3) is 0.455. The third kappa shape index (κ3) is 3.86. The molecule has 2 N–H and O–H groups in total. The van der Waals surface area contributed by atoms with Crippen molar-refractivity contribution in [3.63, 3.8) is 0 Å². The van der Waals surface area contributed by atoms with Crippen molar-refractivity contribution in [3.05, 3.63) is 29.2 Å². The molecule has 0 aliphatic rings. The van der Waals surface area contributed by atoms with Crippen LogP contribution in [-0.4, -0.2) is 24.0 Å². The Balaban J connectivity index is 2.77. The molecular formula is C11H16N2O3. The molecule has 16 heavy (non-hydrogen) atoms. The third-order valence-electron chi connectivity index (χ3n) is 1.96. The van der Waals surface area contributed by atoms with Crippen LogP contribution in [0, 0.1) is 10.6 Å². The monoisotopic (exact) mass is 224 g/mol. The highest BCUT2D eigenvalue weighted by molar-refractivity contribution is 5.84. The first-order valence-electron chi connectivity index (χ1n) is 5.18. The summed E-state index contributed by atoms with van der Waals surface area (Å²) >= 11 is 0. The van der Waals surface area contributed by atoms with Crippen LogP contribution >= 0.6 is 0 Å². The van der Waals surface area contributed by atoms with Gasteiger partial charge in [0.2, 0.25) is 6.20 Å². The highest BCUT2D eigenvalue weighted by Crippen LogP contribution is 2.11. The van der Waals surface area contributed by atoms with E-state index in [-0.39, 0.29) is 18.7 Å². The van der Waals surface area contributed by atoms with Gasteiger partial charge in [0.25, 0.3) is 0 Å². The molecule has 0 atom stereocenters. The lowest BCUT2D eigenvalue weighted by atomic mass is 10.1. The van der Waals surface area contributed by atoms with Crippen molar-refractivity contribution >= 4 is 5.71 Å². The molecule has 0 saturated carbocycles. The molecule has 88 valence electrons. The molecular weight excluding hydrogens is 208 g/mol. The molecule has 0 saturated heterocycles. The maximum Gasteiger partial charge on any atom is 0.222 e. The second-order valence-electron chi connectivity index (χ2n) is 3.53. The fourth-order valence-electron chi connectivity index (χ4n) is 1.28. The fourth-order valence-corrected chi connectivity index (χ4v) is 1.28. The zero-order chi connectivity index (χ0) is 12.0. The van der Waals surface area contributed by atoms with Crippen molar-refractivity contribution in [3.8, 4) is 5.75 Å². The number of hydrogen-bond acceptors (Lipinski definition) is 4. The molecule has 1 aromatic rings. The molecule has 1 rings (SSSR count).